The Morgan fingerprint density at radius 1 is 1.38 bits per heavy atom. The number of rotatable bonds is 5. The Kier molecular flexibility index (Phi) is 4.44. The molecular weight excluding hydrogens is 283 g/mol. The number of nitrogens with one attached hydrogen (secondary N) is 2. The number of aromatic nitrogens is 2. The number of carbonyl (C=O) groups excluding carboxylic acids is 1. The summed E-state index contributed by atoms with van der Waals surface area (Å²) >= 11 is 0. The van der Waals surface area contributed by atoms with E-state index in [0.29, 0.717) is 12.2 Å². The smallest absolute Gasteiger partial charge is 0.335 e. The number of urea groups is 1. The summed E-state index contributed by atoms with van der Waals surface area (Å²) in [6, 6.07) is 2.45. The first-order valence-electron chi connectivity index (χ1n) is 5.89. The van der Waals surface area contributed by atoms with Gasteiger partial charge in [0.05, 0.1) is 11.3 Å². The van der Waals surface area contributed by atoms with Crippen molar-refractivity contribution in [2.45, 2.75) is 6.42 Å². The van der Waals surface area contributed by atoms with Gasteiger partial charge in [0.2, 0.25) is 6.39 Å². The quantitative estimate of drug-likeness (QED) is 0.764. The molecule has 3 N–H and O–H groups in total. The van der Waals surface area contributed by atoms with Gasteiger partial charge < -0.3 is 20.3 Å². The SMILES string of the molecule is O=C(NCCc1ncon1)Nc1cc(C(=O)O)ccc1F. The number of carbonyl (C=O) groups is 2. The van der Waals surface area contributed by atoms with Crippen LogP contribution in [0.15, 0.2) is 29.1 Å². The van der Waals surface area contributed by atoms with Crippen molar-refractivity contribution in [2.75, 3.05) is 11.9 Å². The molecule has 21 heavy (non-hydrogen) atoms. The summed E-state index contributed by atoms with van der Waals surface area (Å²) in [5.41, 5.74) is -0.342. The molecule has 2 aromatic rings. The van der Waals surface area contributed by atoms with Crippen LogP contribution >= 0.6 is 0 Å². The second kappa shape index (κ2) is 6.46. The molecule has 110 valence electrons. The molecule has 1 heterocycles. The highest BCUT2D eigenvalue weighted by molar-refractivity contribution is 5.93. The molecule has 0 bridgehead atoms. The van der Waals surface area contributed by atoms with E-state index in [-0.39, 0.29) is 17.8 Å². The second-order valence-electron chi connectivity index (χ2n) is 3.98. The lowest BCUT2D eigenvalue weighted by Gasteiger charge is -2.08. The minimum atomic E-state index is -1.21. The molecule has 0 atom stereocenters. The van der Waals surface area contributed by atoms with Gasteiger partial charge in [-0.1, -0.05) is 5.16 Å². The van der Waals surface area contributed by atoms with Crippen molar-refractivity contribution in [3.63, 3.8) is 0 Å². The van der Waals surface area contributed by atoms with E-state index in [2.05, 4.69) is 25.3 Å². The largest absolute Gasteiger partial charge is 0.478 e. The number of aromatic carboxylic acids is 1. The maximum absolute atomic E-state index is 13.5. The number of carboxylic acid groups (broad SMARTS) is 1. The van der Waals surface area contributed by atoms with Crippen molar-refractivity contribution in [2.24, 2.45) is 0 Å². The summed E-state index contributed by atoms with van der Waals surface area (Å²) in [5, 5.41) is 17.1. The lowest BCUT2D eigenvalue weighted by atomic mass is 10.2. The topological polar surface area (TPSA) is 117 Å². The molecule has 0 spiro atoms. The Morgan fingerprint density at radius 2 is 2.19 bits per heavy atom. The molecule has 1 aromatic heterocycles. The predicted molar refractivity (Wildman–Crippen MR) is 68.4 cm³/mol. The monoisotopic (exact) mass is 294 g/mol. The second-order valence-corrected chi connectivity index (χ2v) is 3.98. The third kappa shape index (κ3) is 4.00. The highest BCUT2D eigenvalue weighted by Gasteiger charge is 2.11. The number of amides is 2. The maximum Gasteiger partial charge on any atom is 0.335 e. The lowest BCUT2D eigenvalue weighted by Crippen LogP contribution is -2.31. The zero-order valence-corrected chi connectivity index (χ0v) is 10.7. The summed E-state index contributed by atoms with van der Waals surface area (Å²) in [7, 11) is 0. The van der Waals surface area contributed by atoms with Gasteiger partial charge in [0, 0.05) is 13.0 Å². The Balaban J connectivity index is 1.90. The Labute approximate surface area is 118 Å². The van der Waals surface area contributed by atoms with E-state index in [0.717, 1.165) is 18.2 Å². The van der Waals surface area contributed by atoms with Gasteiger partial charge >= 0.3 is 12.0 Å². The summed E-state index contributed by atoms with van der Waals surface area (Å²) < 4.78 is 18.0. The molecule has 0 unspecified atom stereocenters. The van der Waals surface area contributed by atoms with E-state index < -0.39 is 17.8 Å². The van der Waals surface area contributed by atoms with E-state index in [9.17, 15) is 14.0 Å². The summed E-state index contributed by atoms with van der Waals surface area (Å²) in [4.78, 5) is 26.1. The van der Waals surface area contributed by atoms with E-state index in [4.69, 9.17) is 5.11 Å². The van der Waals surface area contributed by atoms with Crippen molar-refractivity contribution in [1.82, 2.24) is 15.5 Å². The Bertz CT molecular complexity index is 645. The first kappa shape index (κ1) is 14.4. The van der Waals surface area contributed by atoms with Crippen LogP contribution in [-0.4, -0.2) is 33.8 Å². The van der Waals surface area contributed by atoms with Crippen LogP contribution in [0.4, 0.5) is 14.9 Å². The fourth-order valence-corrected chi connectivity index (χ4v) is 1.51. The molecule has 0 aliphatic heterocycles. The van der Waals surface area contributed by atoms with E-state index in [1.165, 1.54) is 6.39 Å². The normalized spacial score (nSPS) is 10.1. The molecular formula is C12H11FN4O4. The van der Waals surface area contributed by atoms with Crippen LogP contribution in [0.5, 0.6) is 0 Å². The molecule has 0 aliphatic rings. The zero-order chi connectivity index (χ0) is 15.2. The zero-order valence-electron chi connectivity index (χ0n) is 10.7. The van der Waals surface area contributed by atoms with Crippen LogP contribution in [0.3, 0.4) is 0 Å². The fourth-order valence-electron chi connectivity index (χ4n) is 1.51. The molecule has 0 radical (unpaired) electrons. The molecule has 0 saturated carbocycles. The third-order valence-corrected chi connectivity index (χ3v) is 2.50. The molecule has 1 aromatic carbocycles. The molecule has 0 saturated heterocycles. The average Bonchev–Trinajstić information content (AvgIpc) is 2.94. The van der Waals surface area contributed by atoms with Crippen molar-refractivity contribution in [3.05, 3.63) is 41.8 Å². The van der Waals surface area contributed by atoms with Crippen LogP contribution in [0.2, 0.25) is 0 Å². The van der Waals surface area contributed by atoms with E-state index in [1.54, 1.807) is 0 Å². The fraction of sp³-hybridized carbons (Fsp3) is 0.167. The van der Waals surface area contributed by atoms with Gasteiger partial charge in [-0.3, -0.25) is 0 Å². The molecule has 8 nitrogen and oxygen atoms in total. The van der Waals surface area contributed by atoms with Gasteiger partial charge in [-0.2, -0.15) is 4.98 Å². The van der Waals surface area contributed by atoms with Gasteiger partial charge in [-0.25, -0.2) is 14.0 Å². The molecule has 0 aliphatic carbocycles. The molecule has 0 fully saturated rings. The number of hydrogen-bond donors (Lipinski definition) is 3. The van der Waals surface area contributed by atoms with Gasteiger partial charge in [-0.05, 0) is 18.2 Å². The van der Waals surface area contributed by atoms with Crippen molar-refractivity contribution < 1.29 is 23.6 Å². The van der Waals surface area contributed by atoms with Crippen LogP contribution in [-0.2, 0) is 6.42 Å². The lowest BCUT2D eigenvalue weighted by molar-refractivity contribution is 0.0697. The number of nitrogens with zero attached hydrogens (tertiary/aromatic N) is 2. The number of anilines is 1. The first-order valence-corrected chi connectivity index (χ1v) is 5.89. The number of hydrogen-bond acceptors (Lipinski definition) is 5. The summed E-state index contributed by atoms with van der Waals surface area (Å²) in [6.07, 6.45) is 1.52. The van der Waals surface area contributed by atoms with Crippen LogP contribution in [0.1, 0.15) is 16.2 Å². The first-order chi connectivity index (χ1) is 10.1. The standard InChI is InChI=1S/C12H11FN4O4/c13-8-2-1-7(11(18)19)5-9(8)16-12(20)14-4-3-10-15-6-21-17-10/h1-2,5-6H,3-4H2,(H,18,19)(H2,14,16,20). The highest BCUT2D eigenvalue weighted by Crippen LogP contribution is 2.16. The predicted octanol–water partition coefficient (Wildman–Crippen LogP) is 1.27. The molecule has 2 rings (SSSR count). The van der Waals surface area contributed by atoms with Gasteiger partial charge in [0.15, 0.2) is 5.82 Å². The molecule has 9 heteroatoms. The van der Waals surface area contributed by atoms with E-state index in [1.807, 2.05) is 0 Å². The Hall–Kier alpha value is -2.97. The minimum Gasteiger partial charge on any atom is -0.478 e. The molecule has 2 amide bonds. The van der Waals surface area contributed by atoms with Crippen LogP contribution < -0.4 is 10.6 Å². The van der Waals surface area contributed by atoms with E-state index >= 15 is 0 Å². The van der Waals surface area contributed by atoms with Gasteiger partial charge in [0.25, 0.3) is 0 Å². The minimum absolute atomic E-state index is 0.126. The third-order valence-electron chi connectivity index (χ3n) is 2.50. The number of halogens is 1. The van der Waals surface area contributed by atoms with Gasteiger partial charge in [0.1, 0.15) is 5.82 Å². The van der Waals surface area contributed by atoms with Crippen LogP contribution in [0.25, 0.3) is 0 Å². The average molecular weight is 294 g/mol. The number of benzene rings is 1. The summed E-state index contributed by atoms with van der Waals surface area (Å²) in [6.45, 7) is 0.214. The Morgan fingerprint density at radius 3 is 2.86 bits per heavy atom. The van der Waals surface area contributed by atoms with Gasteiger partial charge in [-0.15, -0.1) is 0 Å². The van der Waals surface area contributed by atoms with Crippen molar-refractivity contribution in [1.29, 1.82) is 0 Å². The van der Waals surface area contributed by atoms with Crippen molar-refractivity contribution >= 4 is 17.7 Å². The highest BCUT2D eigenvalue weighted by atomic mass is 19.1. The van der Waals surface area contributed by atoms with Crippen molar-refractivity contribution in [3.8, 4) is 0 Å². The summed E-state index contributed by atoms with van der Waals surface area (Å²) in [5.74, 6) is -1.52. The number of carboxylic acids is 1. The van der Waals surface area contributed by atoms with Crippen LogP contribution in [0, 0.1) is 5.82 Å². The maximum atomic E-state index is 13.5.